The Kier molecular flexibility index (Phi) is 6.31. The molecule has 1 aliphatic heterocycles. The standard InChI is InChI=1S/C25H20BrClN2O4S/c26-17-9-2-1-6-13(17)23-16-12-20(34-19-11-4-3-10-18(19)29(32)33)22(27)21(16)14-7-5-8-15(25(30)31)24(14)28-23/h1-11,16,20-23,28H,12H2,(H,30,31)/t16-,20-,21+,22-,23-/m0/s1. The van der Waals surface area contributed by atoms with Crippen LogP contribution in [0.1, 0.15) is 39.9 Å². The number of nitro groups is 1. The Bertz CT molecular complexity index is 1290. The fraction of sp³-hybridized carbons (Fsp3) is 0.240. The molecule has 6 nitrogen and oxygen atoms in total. The first-order valence-electron chi connectivity index (χ1n) is 10.8. The lowest BCUT2D eigenvalue weighted by Gasteiger charge is -2.39. The molecule has 1 fully saturated rings. The van der Waals surface area contributed by atoms with Crippen LogP contribution in [-0.4, -0.2) is 26.6 Å². The maximum atomic E-state index is 12.0. The van der Waals surface area contributed by atoms with Crippen LogP contribution in [0.4, 0.5) is 11.4 Å². The second kappa shape index (κ2) is 9.24. The number of carbonyl (C=O) groups is 1. The van der Waals surface area contributed by atoms with Gasteiger partial charge in [0.1, 0.15) is 0 Å². The summed E-state index contributed by atoms with van der Waals surface area (Å²) in [7, 11) is 0. The van der Waals surface area contributed by atoms with Crippen LogP contribution in [0, 0.1) is 16.0 Å². The first kappa shape index (κ1) is 23.2. The summed E-state index contributed by atoms with van der Waals surface area (Å²) in [4.78, 5) is 23.8. The molecular formula is C25H20BrClN2O4S. The highest BCUT2D eigenvalue weighted by molar-refractivity contribution is 9.10. The average molecular weight is 560 g/mol. The number of rotatable bonds is 5. The van der Waals surface area contributed by atoms with Gasteiger partial charge in [0.05, 0.1) is 32.5 Å². The van der Waals surface area contributed by atoms with Crippen molar-refractivity contribution in [1.29, 1.82) is 0 Å². The Morgan fingerprint density at radius 1 is 1.09 bits per heavy atom. The zero-order valence-corrected chi connectivity index (χ0v) is 20.9. The van der Waals surface area contributed by atoms with Gasteiger partial charge in [-0.1, -0.05) is 58.4 Å². The van der Waals surface area contributed by atoms with Crippen molar-refractivity contribution in [2.75, 3.05) is 5.32 Å². The molecule has 3 aromatic carbocycles. The Balaban J connectivity index is 1.59. The zero-order valence-electron chi connectivity index (χ0n) is 17.7. The quantitative estimate of drug-likeness (QED) is 0.197. The number of aromatic carboxylic acids is 1. The number of halogens is 2. The number of fused-ring (bicyclic) bond motifs is 3. The molecule has 0 aromatic heterocycles. The topological polar surface area (TPSA) is 92.5 Å². The van der Waals surface area contributed by atoms with Crippen LogP contribution in [0.5, 0.6) is 0 Å². The van der Waals surface area contributed by atoms with E-state index in [9.17, 15) is 20.0 Å². The highest BCUT2D eigenvalue weighted by Gasteiger charge is 2.51. The summed E-state index contributed by atoms with van der Waals surface area (Å²) < 4.78 is 0.934. The van der Waals surface area contributed by atoms with Crippen LogP contribution in [-0.2, 0) is 0 Å². The Labute approximate surface area is 214 Å². The summed E-state index contributed by atoms with van der Waals surface area (Å²) in [6, 6.07) is 19.7. The molecule has 5 atom stereocenters. The molecule has 1 heterocycles. The Morgan fingerprint density at radius 3 is 2.53 bits per heavy atom. The fourth-order valence-electron chi connectivity index (χ4n) is 5.23. The molecule has 9 heteroatoms. The number of anilines is 1. The van der Waals surface area contributed by atoms with Crippen LogP contribution >= 0.6 is 39.3 Å². The number of benzene rings is 3. The largest absolute Gasteiger partial charge is 0.478 e. The van der Waals surface area contributed by atoms with Crippen molar-refractivity contribution in [2.24, 2.45) is 5.92 Å². The van der Waals surface area contributed by atoms with E-state index in [-0.39, 0.29) is 44.7 Å². The van der Waals surface area contributed by atoms with Crippen molar-refractivity contribution >= 4 is 56.6 Å². The van der Waals surface area contributed by atoms with Crippen LogP contribution in [0.2, 0.25) is 0 Å². The van der Waals surface area contributed by atoms with Crippen LogP contribution < -0.4 is 5.32 Å². The van der Waals surface area contributed by atoms with Gasteiger partial charge in [0.2, 0.25) is 0 Å². The molecular weight excluding hydrogens is 540 g/mol. The van der Waals surface area contributed by atoms with E-state index in [0.29, 0.717) is 10.6 Å². The molecule has 2 aliphatic rings. The minimum Gasteiger partial charge on any atom is -0.478 e. The number of hydrogen-bond acceptors (Lipinski definition) is 5. The van der Waals surface area contributed by atoms with Gasteiger partial charge in [-0.3, -0.25) is 10.1 Å². The second-order valence-corrected chi connectivity index (χ2v) is 11.1. The number of hydrogen-bond donors (Lipinski definition) is 2. The van der Waals surface area contributed by atoms with Gasteiger partial charge in [-0.15, -0.1) is 23.4 Å². The summed E-state index contributed by atoms with van der Waals surface area (Å²) in [6.07, 6.45) is 0.727. The van der Waals surface area contributed by atoms with Crippen molar-refractivity contribution < 1.29 is 14.8 Å². The molecule has 2 N–H and O–H groups in total. The zero-order chi connectivity index (χ0) is 24.0. The predicted octanol–water partition coefficient (Wildman–Crippen LogP) is 7.09. The van der Waals surface area contributed by atoms with E-state index in [1.165, 1.54) is 17.8 Å². The number of thioether (sulfide) groups is 1. The Hall–Kier alpha value is -2.55. The number of para-hydroxylation sites is 2. The number of nitrogens with zero attached hydrogens (tertiary/aromatic N) is 1. The summed E-state index contributed by atoms with van der Waals surface area (Å²) in [5.74, 6) is -1.02. The van der Waals surface area contributed by atoms with E-state index < -0.39 is 5.97 Å². The van der Waals surface area contributed by atoms with Gasteiger partial charge < -0.3 is 10.4 Å². The van der Waals surface area contributed by atoms with Gasteiger partial charge in [-0.25, -0.2) is 4.79 Å². The van der Waals surface area contributed by atoms with E-state index in [0.717, 1.165) is 22.0 Å². The van der Waals surface area contributed by atoms with Gasteiger partial charge >= 0.3 is 5.97 Å². The minimum absolute atomic E-state index is 0.0697. The minimum atomic E-state index is -0.997. The summed E-state index contributed by atoms with van der Waals surface area (Å²) in [5.41, 5.74) is 2.80. The number of carboxylic acids is 1. The number of nitrogens with one attached hydrogen (secondary N) is 1. The summed E-state index contributed by atoms with van der Waals surface area (Å²) >= 11 is 12.2. The van der Waals surface area contributed by atoms with E-state index in [1.807, 2.05) is 30.3 Å². The average Bonchev–Trinajstić information content (AvgIpc) is 3.15. The maximum Gasteiger partial charge on any atom is 0.337 e. The second-order valence-electron chi connectivity index (χ2n) is 8.47. The molecule has 1 saturated carbocycles. The third-order valence-corrected chi connectivity index (χ3v) is 9.49. The molecule has 0 saturated heterocycles. The molecule has 0 bridgehead atoms. The molecule has 1 aliphatic carbocycles. The van der Waals surface area contributed by atoms with E-state index >= 15 is 0 Å². The smallest absolute Gasteiger partial charge is 0.337 e. The van der Waals surface area contributed by atoms with Crippen LogP contribution in [0.25, 0.3) is 0 Å². The molecule has 0 amide bonds. The predicted molar refractivity (Wildman–Crippen MR) is 137 cm³/mol. The maximum absolute atomic E-state index is 12.0. The van der Waals surface area contributed by atoms with Crippen molar-refractivity contribution in [1.82, 2.24) is 0 Å². The third kappa shape index (κ3) is 3.97. The molecule has 0 unspecified atom stereocenters. The molecule has 3 aromatic rings. The highest BCUT2D eigenvalue weighted by atomic mass is 79.9. The monoisotopic (exact) mass is 558 g/mol. The first-order chi connectivity index (χ1) is 16.4. The van der Waals surface area contributed by atoms with Crippen molar-refractivity contribution in [3.63, 3.8) is 0 Å². The lowest BCUT2D eigenvalue weighted by Crippen LogP contribution is -2.32. The molecule has 174 valence electrons. The number of carboxylic acid groups (broad SMARTS) is 1. The molecule has 5 rings (SSSR count). The van der Waals surface area contributed by atoms with Crippen LogP contribution in [0.15, 0.2) is 76.1 Å². The third-order valence-electron chi connectivity index (χ3n) is 6.66. The van der Waals surface area contributed by atoms with Crippen LogP contribution in [0.3, 0.4) is 0 Å². The van der Waals surface area contributed by atoms with Gasteiger partial charge in [-0.2, -0.15) is 0 Å². The lowest BCUT2D eigenvalue weighted by atomic mass is 9.76. The summed E-state index contributed by atoms with van der Waals surface area (Å²) in [5, 5.41) is 24.5. The van der Waals surface area contributed by atoms with E-state index in [2.05, 4.69) is 21.2 Å². The fourth-order valence-corrected chi connectivity index (χ4v) is 7.70. The highest BCUT2D eigenvalue weighted by Crippen LogP contribution is 2.59. The van der Waals surface area contributed by atoms with Crippen molar-refractivity contribution in [3.05, 3.63) is 98.0 Å². The van der Waals surface area contributed by atoms with E-state index in [1.54, 1.807) is 30.3 Å². The normalized spacial score (nSPS) is 25.2. The van der Waals surface area contributed by atoms with Gasteiger partial charge in [0, 0.05) is 21.7 Å². The lowest BCUT2D eigenvalue weighted by molar-refractivity contribution is -0.387. The van der Waals surface area contributed by atoms with Crippen molar-refractivity contribution in [3.8, 4) is 0 Å². The van der Waals surface area contributed by atoms with Gasteiger partial charge in [0.25, 0.3) is 5.69 Å². The molecule has 0 radical (unpaired) electrons. The molecule has 0 spiro atoms. The SMILES string of the molecule is O=C(O)c1cccc2c1N[C@@H](c1ccccc1Br)[C@H]1C[C@H](Sc3ccccc3[N+](=O)[O-])[C@H](Cl)[C@H]21. The van der Waals surface area contributed by atoms with E-state index in [4.69, 9.17) is 11.6 Å². The first-order valence-corrected chi connectivity index (χ1v) is 12.9. The van der Waals surface area contributed by atoms with Gasteiger partial charge in [0.15, 0.2) is 0 Å². The Morgan fingerprint density at radius 2 is 1.79 bits per heavy atom. The number of nitro benzene ring substituents is 1. The number of alkyl halides is 1. The van der Waals surface area contributed by atoms with Crippen molar-refractivity contribution in [2.45, 2.75) is 33.9 Å². The molecule has 34 heavy (non-hydrogen) atoms. The van der Waals surface area contributed by atoms with Gasteiger partial charge in [-0.05, 0) is 41.7 Å². The summed E-state index contributed by atoms with van der Waals surface area (Å²) in [6.45, 7) is 0.